The second-order valence-electron chi connectivity index (χ2n) is 1.97. The predicted molar refractivity (Wildman–Crippen MR) is 42.7 cm³/mol. The molecule has 20 heavy (non-hydrogen) atoms. The van der Waals surface area contributed by atoms with Crippen molar-refractivity contribution in [3.63, 3.8) is 0 Å². The predicted octanol–water partition coefficient (Wildman–Crippen LogP) is -4.99. The fraction of sp³-hybridized carbons (Fsp3) is 0.500. The van der Waals surface area contributed by atoms with E-state index >= 15 is 0 Å². The summed E-state index contributed by atoms with van der Waals surface area (Å²) in [7, 11) is 0. The molecule has 0 fully saturated rings. The standard InChI is InChI=1S/4C2H4O2.4Cu/c4*1-2(3)4;;;;/h4*1H3,(H,3,4);;;;/q;;;;4*+1/p-4. The zero-order valence-electron chi connectivity index (χ0n) is 10.5. The summed E-state index contributed by atoms with van der Waals surface area (Å²) in [5.41, 5.74) is 0. The van der Waals surface area contributed by atoms with Crippen molar-refractivity contribution in [3.05, 3.63) is 0 Å². The van der Waals surface area contributed by atoms with Crippen molar-refractivity contribution in [3.8, 4) is 0 Å². The molecule has 12 heteroatoms. The summed E-state index contributed by atoms with van der Waals surface area (Å²) in [5, 5.41) is 35.6. The molecule has 0 heterocycles. The average Bonchev–Trinajstić information content (AvgIpc) is 1.76. The molecule has 0 unspecified atom stereocenters. The number of carboxylic acid groups (broad SMARTS) is 4. The first-order chi connectivity index (χ1) is 6.93. The molecule has 0 aliphatic heterocycles. The normalized spacial score (nSPS) is 5.00. The molecule has 0 rings (SSSR count). The van der Waals surface area contributed by atoms with Crippen LogP contribution in [0.2, 0.25) is 0 Å². The maximum atomic E-state index is 8.89. The number of aliphatic carboxylic acids is 4. The minimum absolute atomic E-state index is 0. The molecular formula is C8H12Cu4O8. The number of hydrogen-bond donors (Lipinski definition) is 0. The van der Waals surface area contributed by atoms with Gasteiger partial charge in [-0.1, -0.05) is 0 Å². The SMILES string of the molecule is CC(=O)[O-].CC(=O)[O-].CC(=O)[O-].CC(=O)[O-].[Cu+].[Cu+].[Cu+].[Cu+]. The second-order valence-corrected chi connectivity index (χ2v) is 1.97. The molecule has 136 valence electrons. The number of rotatable bonds is 0. The van der Waals surface area contributed by atoms with E-state index < -0.39 is 23.9 Å². The Hall–Kier alpha value is -0.0421. The van der Waals surface area contributed by atoms with Crippen LogP contribution < -0.4 is 20.4 Å². The van der Waals surface area contributed by atoms with Crippen molar-refractivity contribution >= 4 is 23.9 Å². The summed E-state index contributed by atoms with van der Waals surface area (Å²) in [6, 6.07) is 0. The smallest absolute Gasteiger partial charge is 0.550 e. The van der Waals surface area contributed by atoms with E-state index in [1.54, 1.807) is 0 Å². The minimum Gasteiger partial charge on any atom is -0.550 e. The van der Waals surface area contributed by atoms with Crippen LogP contribution in [-0.2, 0) is 87.5 Å². The molecule has 0 radical (unpaired) electrons. The third kappa shape index (κ3) is 2920000. The van der Waals surface area contributed by atoms with Crippen molar-refractivity contribution in [1.82, 2.24) is 0 Å². The number of carboxylic acids is 4. The third-order valence-corrected chi connectivity index (χ3v) is 0. The van der Waals surface area contributed by atoms with Gasteiger partial charge in [0.1, 0.15) is 0 Å². The van der Waals surface area contributed by atoms with E-state index in [2.05, 4.69) is 0 Å². The number of carbonyl (C=O) groups excluding carboxylic acids is 4. The molecule has 0 aromatic rings. The molecule has 0 amide bonds. The minimum atomic E-state index is -1.08. The number of hydrogen-bond acceptors (Lipinski definition) is 8. The Morgan fingerprint density at radius 1 is 0.450 bits per heavy atom. The van der Waals surface area contributed by atoms with E-state index in [1.807, 2.05) is 0 Å². The van der Waals surface area contributed by atoms with E-state index in [1.165, 1.54) is 0 Å². The van der Waals surface area contributed by atoms with Crippen LogP contribution in [0.15, 0.2) is 0 Å². The van der Waals surface area contributed by atoms with E-state index in [9.17, 15) is 0 Å². The monoisotopic (exact) mass is 488 g/mol. The second kappa shape index (κ2) is 42.8. The van der Waals surface area contributed by atoms with Crippen LogP contribution in [0.3, 0.4) is 0 Å². The quantitative estimate of drug-likeness (QED) is 0.305. The van der Waals surface area contributed by atoms with Crippen LogP contribution in [0.1, 0.15) is 27.7 Å². The summed E-state index contributed by atoms with van der Waals surface area (Å²) in [5.74, 6) is -4.33. The van der Waals surface area contributed by atoms with Gasteiger partial charge in [-0.05, 0) is 27.7 Å². The van der Waals surface area contributed by atoms with Crippen LogP contribution in [0.4, 0.5) is 0 Å². The Morgan fingerprint density at radius 2 is 0.450 bits per heavy atom. The Bertz CT molecular complexity index is 171. The zero-order valence-corrected chi connectivity index (χ0v) is 14.2. The summed E-state index contributed by atoms with van der Waals surface area (Å²) in [6.45, 7) is 3.89. The molecule has 0 spiro atoms. The van der Waals surface area contributed by atoms with Crippen molar-refractivity contribution in [1.29, 1.82) is 0 Å². The van der Waals surface area contributed by atoms with Gasteiger partial charge in [-0.25, -0.2) is 0 Å². The number of carbonyl (C=O) groups is 4. The Balaban J connectivity index is -0.0000000150. The van der Waals surface area contributed by atoms with Gasteiger partial charge in [0.15, 0.2) is 0 Å². The van der Waals surface area contributed by atoms with Crippen molar-refractivity contribution in [2.75, 3.05) is 0 Å². The Kier molecular flexibility index (Phi) is 107. The fourth-order valence-electron chi connectivity index (χ4n) is 0. The Morgan fingerprint density at radius 3 is 0.450 bits per heavy atom. The van der Waals surface area contributed by atoms with Gasteiger partial charge in [0.05, 0.1) is 0 Å². The summed E-state index contributed by atoms with van der Waals surface area (Å²) in [4.78, 5) is 35.6. The van der Waals surface area contributed by atoms with Crippen LogP contribution in [0.5, 0.6) is 0 Å². The van der Waals surface area contributed by atoms with Gasteiger partial charge in [0, 0.05) is 23.9 Å². The van der Waals surface area contributed by atoms with Gasteiger partial charge in [0.2, 0.25) is 0 Å². The molecule has 0 N–H and O–H groups in total. The first kappa shape index (κ1) is 50.2. The van der Waals surface area contributed by atoms with Crippen LogP contribution in [0, 0.1) is 0 Å². The first-order valence-electron chi connectivity index (χ1n) is 3.63. The first-order valence-corrected chi connectivity index (χ1v) is 3.63. The maximum absolute atomic E-state index is 8.89. The van der Waals surface area contributed by atoms with E-state index in [-0.39, 0.29) is 68.3 Å². The topological polar surface area (TPSA) is 161 Å². The molecule has 0 aliphatic rings. The van der Waals surface area contributed by atoms with Gasteiger partial charge in [-0.2, -0.15) is 0 Å². The Labute approximate surface area is 159 Å². The molecule has 0 saturated heterocycles. The van der Waals surface area contributed by atoms with Crippen LogP contribution >= 0.6 is 0 Å². The molecule has 0 bridgehead atoms. The van der Waals surface area contributed by atoms with Crippen molar-refractivity contribution < 1.29 is 108 Å². The molecule has 0 saturated carbocycles. The molecular weight excluding hydrogens is 478 g/mol. The average molecular weight is 490 g/mol. The van der Waals surface area contributed by atoms with Gasteiger partial charge in [-0.3, -0.25) is 0 Å². The van der Waals surface area contributed by atoms with E-state index in [4.69, 9.17) is 39.6 Å². The molecule has 0 aromatic heterocycles. The fourth-order valence-corrected chi connectivity index (χ4v) is 0. The summed E-state index contributed by atoms with van der Waals surface area (Å²) < 4.78 is 0. The van der Waals surface area contributed by atoms with E-state index in [0.29, 0.717) is 0 Å². The summed E-state index contributed by atoms with van der Waals surface area (Å²) in [6.07, 6.45) is 0. The molecule has 8 nitrogen and oxygen atoms in total. The van der Waals surface area contributed by atoms with Gasteiger partial charge in [0.25, 0.3) is 0 Å². The van der Waals surface area contributed by atoms with Crippen molar-refractivity contribution in [2.45, 2.75) is 27.7 Å². The third-order valence-electron chi connectivity index (χ3n) is 0. The van der Waals surface area contributed by atoms with Crippen LogP contribution in [-0.4, -0.2) is 23.9 Å². The van der Waals surface area contributed by atoms with Crippen LogP contribution in [0.25, 0.3) is 0 Å². The van der Waals surface area contributed by atoms with Gasteiger partial charge < -0.3 is 39.6 Å². The molecule has 0 aromatic carbocycles. The molecule has 0 atom stereocenters. The van der Waals surface area contributed by atoms with Gasteiger partial charge >= 0.3 is 68.3 Å². The zero-order chi connectivity index (χ0) is 14.3. The summed E-state index contributed by atoms with van der Waals surface area (Å²) >= 11 is 0. The van der Waals surface area contributed by atoms with E-state index in [0.717, 1.165) is 27.7 Å². The van der Waals surface area contributed by atoms with Gasteiger partial charge in [-0.15, -0.1) is 0 Å². The maximum Gasteiger partial charge on any atom is 1.00 e. The largest absolute Gasteiger partial charge is 1.00 e. The van der Waals surface area contributed by atoms with Crippen molar-refractivity contribution in [2.24, 2.45) is 0 Å². The molecule has 0 aliphatic carbocycles.